The number of para-hydroxylation sites is 1. The molecule has 3 heterocycles. The number of benzene rings is 1. The highest BCUT2D eigenvalue weighted by Gasteiger charge is 2.61. The minimum absolute atomic E-state index is 0.0678. The molecule has 32 heavy (non-hydrogen) atoms. The number of pyridine rings is 1. The molecule has 2 aliphatic heterocycles. The molecule has 0 saturated carbocycles. The molecule has 1 amide bonds. The van der Waals surface area contributed by atoms with Crippen molar-refractivity contribution in [1.29, 1.82) is 0 Å². The molecule has 4 rings (SSSR count). The number of esters is 1. The molecule has 1 unspecified atom stereocenters. The molecule has 2 aliphatic rings. The Kier molecular flexibility index (Phi) is 5.09. The number of methoxy groups -OCH3 is 1. The molecule has 2 N–H and O–H groups in total. The van der Waals surface area contributed by atoms with Gasteiger partial charge in [0.25, 0.3) is 5.56 Å². The number of likely N-dealkylation sites (N-methyl/N-ethyl adjacent to an activating group) is 2. The second kappa shape index (κ2) is 7.52. The molecule has 1 atom stereocenters. The van der Waals surface area contributed by atoms with Crippen molar-refractivity contribution in [2.24, 2.45) is 5.73 Å². The first kappa shape index (κ1) is 21.6. The van der Waals surface area contributed by atoms with Crippen molar-refractivity contribution in [1.82, 2.24) is 9.47 Å². The Bertz CT molecular complexity index is 1230. The fourth-order valence-corrected chi connectivity index (χ4v) is 4.62. The van der Waals surface area contributed by atoms with Gasteiger partial charge in [-0.1, -0.05) is 18.2 Å². The fourth-order valence-electron chi connectivity index (χ4n) is 4.62. The normalized spacial score (nSPS) is 19.3. The zero-order valence-corrected chi connectivity index (χ0v) is 18.8. The topological polar surface area (TPSA) is 107 Å². The average Bonchev–Trinajstić information content (AvgIpc) is 2.95. The van der Waals surface area contributed by atoms with Crippen molar-refractivity contribution >= 4 is 17.6 Å². The Morgan fingerprint density at radius 2 is 1.94 bits per heavy atom. The number of nitrogens with two attached hydrogens (primary N) is 1. The van der Waals surface area contributed by atoms with Crippen molar-refractivity contribution < 1.29 is 19.1 Å². The highest BCUT2D eigenvalue weighted by Crippen LogP contribution is 2.54. The molecule has 1 aromatic heterocycles. The summed E-state index contributed by atoms with van der Waals surface area (Å²) in [5, 5.41) is 0. The lowest BCUT2D eigenvalue weighted by Gasteiger charge is -2.35. The van der Waals surface area contributed by atoms with Crippen LogP contribution in [0, 0.1) is 6.92 Å². The zero-order valence-electron chi connectivity index (χ0n) is 18.8. The molecular formula is C23H26N4O5. The highest BCUT2D eigenvalue weighted by molar-refractivity contribution is 6.18. The predicted molar refractivity (Wildman–Crippen MR) is 118 cm³/mol. The molecule has 1 spiro atoms. The lowest BCUT2D eigenvalue weighted by molar-refractivity contribution is -0.138. The molecular weight excluding hydrogens is 412 g/mol. The molecule has 168 valence electrons. The van der Waals surface area contributed by atoms with Gasteiger partial charge in [-0.25, -0.2) is 4.79 Å². The van der Waals surface area contributed by atoms with Gasteiger partial charge in [-0.15, -0.1) is 0 Å². The summed E-state index contributed by atoms with van der Waals surface area (Å²) in [6.45, 7) is 2.80. The van der Waals surface area contributed by atoms with Crippen LogP contribution in [-0.4, -0.2) is 56.1 Å². The summed E-state index contributed by atoms with van der Waals surface area (Å²) in [5.41, 5.74) is 5.64. The van der Waals surface area contributed by atoms with E-state index in [1.54, 1.807) is 48.9 Å². The second-order valence-electron chi connectivity index (χ2n) is 8.25. The number of ether oxygens (including phenoxy) is 2. The minimum Gasteiger partial charge on any atom is -0.465 e. The summed E-state index contributed by atoms with van der Waals surface area (Å²) in [6, 6.07) is 8.72. The van der Waals surface area contributed by atoms with E-state index in [1.165, 1.54) is 12.0 Å². The largest absolute Gasteiger partial charge is 0.465 e. The van der Waals surface area contributed by atoms with E-state index in [1.807, 2.05) is 19.0 Å². The van der Waals surface area contributed by atoms with Crippen LogP contribution in [0.25, 0.3) is 0 Å². The molecule has 9 nitrogen and oxygen atoms in total. The molecule has 0 aliphatic carbocycles. The number of aryl methyl sites for hydroxylation is 1. The summed E-state index contributed by atoms with van der Waals surface area (Å²) < 4.78 is 12.3. The monoisotopic (exact) mass is 438 g/mol. The van der Waals surface area contributed by atoms with Crippen molar-refractivity contribution in [3.63, 3.8) is 0 Å². The Balaban J connectivity index is 2.14. The van der Waals surface area contributed by atoms with Gasteiger partial charge < -0.3 is 29.6 Å². The molecule has 1 aromatic carbocycles. The summed E-state index contributed by atoms with van der Waals surface area (Å²) >= 11 is 0. The quantitative estimate of drug-likeness (QED) is 0.701. The van der Waals surface area contributed by atoms with E-state index in [0.29, 0.717) is 30.0 Å². The lowest BCUT2D eigenvalue weighted by Crippen LogP contribution is -2.51. The van der Waals surface area contributed by atoms with Crippen molar-refractivity contribution in [2.45, 2.75) is 18.9 Å². The maximum absolute atomic E-state index is 13.9. The van der Waals surface area contributed by atoms with Crippen LogP contribution in [0.1, 0.15) is 16.8 Å². The van der Waals surface area contributed by atoms with Crippen LogP contribution in [0.3, 0.4) is 0 Å². The number of aromatic nitrogens is 1. The number of fused-ring (bicyclic) bond motifs is 4. The summed E-state index contributed by atoms with van der Waals surface area (Å²) in [5.74, 6) is -1.39. The third kappa shape index (κ3) is 2.77. The van der Waals surface area contributed by atoms with E-state index < -0.39 is 22.9 Å². The van der Waals surface area contributed by atoms with Crippen LogP contribution in [0.5, 0.6) is 5.75 Å². The van der Waals surface area contributed by atoms with Gasteiger partial charge in [-0.05, 0) is 27.1 Å². The van der Waals surface area contributed by atoms with Gasteiger partial charge in [0.05, 0.1) is 12.7 Å². The van der Waals surface area contributed by atoms with Crippen LogP contribution in [0.4, 0.5) is 5.69 Å². The Hall–Kier alpha value is -3.59. The maximum atomic E-state index is 13.9. The van der Waals surface area contributed by atoms with Crippen molar-refractivity contribution in [3.05, 3.63) is 69.0 Å². The second-order valence-corrected chi connectivity index (χ2v) is 8.25. The molecule has 0 fully saturated rings. The molecule has 9 heteroatoms. The van der Waals surface area contributed by atoms with Gasteiger partial charge in [-0.2, -0.15) is 0 Å². The van der Waals surface area contributed by atoms with Crippen LogP contribution < -0.4 is 20.9 Å². The SMILES string of the molecule is COC(=O)C1=C(N)Oc2cc(C)n(CCN(C)C)c(=O)c2C12C(=O)N(C)c1ccccc12. The van der Waals surface area contributed by atoms with Crippen LogP contribution in [-0.2, 0) is 26.3 Å². The summed E-state index contributed by atoms with van der Waals surface area (Å²) in [4.78, 5) is 44.2. The number of carbonyl (C=O) groups excluding carboxylic acids is 2. The number of rotatable bonds is 4. The molecule has 0 radical (unpaired) electrons. The first-order chi connectivity index (χ1) is 15.2. The third-order valence-electron chi connectivity index (χ3n) is 6.14. The Morgan fingerprint density at radius 1 is 1.25 bits per heavy atom. The average molecular weight is 438 g/mol. The zero-order chi connectivity index (χ0) is 23.4. The summed E-state index contributed by atoms with van der Waals surface area (Å²) in [7, 11) is 6.63. The fraction of sp³-hybridized carbons (Fsp3) is 0.348. The van der Waals surface area contributed by atoms with Gasteiger partial charge >= 0.3 is 5.97 Å². The smallest absolute Gasteiger partial charge is 0.340 e. The highest BCUT2D eigenvalue weighted by atomic mass is 16.5. The van der Waals surface area contributed by atoms with Crippen molar-refractivity contribution in [2.75, 3.05) is 39.7 Å². The van der Waals surface area contributed by atoms with E-state index in [-0.39, 0.29) is 22.8 Å². The number of anilines is 1. The van der Waals surface area contributed by atoms with Gasteiger partial charge in [0.1, 0.15) is 16.7 Å². The van der Waals surface area contributed by atoms with Gasteiger partial charge in [0.2, 0.25) is 11.8 Å². The first-order valence-corrected chi connectivity index (χ1v) is 10.2. The van der Waals surface area contributed by atoms with Crippen LogP contribution in [0.15, 0.2) is 46.6 Å². The van der Waals surface area contributed by atoms with E-state index in [4.69, 9.17) is 15.2 Å². The standard InChI is InChI=1S/C23H26N4O5/c1-13-12-16-17(20(28)27(13)11-10-25(2)3)23(18(19(24)32-16)21(29)31-5)14-8-6-7-9-15(14)26(4)22(23)30/h6-9,12H,10-11,24H2,1-5H3. The maximum Gasteiger partial charge on any atom is 0.340 e. The molecule has 0 saturated heterocycles. The number of hydrogen-bond donors (Lipinski definition) is 1. The minimum atomic E-state index is -1.76. The van der Waals surface area contributed by atoms with E-state index >= 15 is 0 Å². The predicted octanol–water partition coefficient (Wildman–Crippen LogP) is 0.717. The van der Waals surface area contributed by atoms with Crippen molar-refractivity contribution in [3.8, 4) is 5.75 Å². The van der Waals surface area contributed by atoms with E-state index in [2.05, 4.69) is 0 Å². The van der Waals surface area contributed by atoms with Crippen LogP contribution >= 0.6 is 0 Å². The van der Waals surface area contributed by atoms with E-state index in [0.717, 1.165) is 0 Å². The molecule has 2 aromatic rings. The van der Waals surface area contributed by atoms with Gasteiger partial charge in [-0.3, -0.25) is 9.59 Å². The number of hydrogen-bond acceptors (Lipinski definition) is 7. The third-order valence-corrected chi connectivity index (χ3v) is 6.14. The lowest BCUT2D eigenvalue weighted by atomic mass is 9.68. The Morgan fingerprint density at radius 3 is 2.59 bits per heavy atom. The van der Waals surface area contributed by atoms with E-state index in [9.17, 15) is 14.4 Å². The summed E-state index contributed by atoms with van der Waals surface area (Å²) in [6.07, 6.45) is 0. The Labute approximate surface area is 185 Å². The van der Waals surface area contributed by atoms with Gasteiger partial charge in [0.15, 0.2) is 0 Å². The van der Waals surface area contributed by atoms with Crippen LogP contribution in [0.2, 0.25) is 0 Å². The van der Waals surface area contributed by atoms with Gasteiger partial charge in [0, 0.05) is 43.1 Å². The first-order valence-electron chi connectivity index (χ1n) is 10.2. The molecule has 0 bridgehead atoms. The number of amides is 1. The number of nitrogens with zero attached hydrogens (tertiary/aromatic N) is 3. The number of carbonyl (C=O) groups is 2.